The monoisotopic (exact) mass is 272 g/mol. The molecule has 0 amide bonds. The summed E-state index contributed by atoms with van der Waals surface area (Å²) in [6.45, 7) is 6.63. The van der Waals surface area contributed by atoms with Crippen molar-refractivity contribution in [2.45, 2.75) is 37.8 Å². The van der Waals surface area contributed by atoms with E-state index in [0.29, 0.717) is 11.5 Å². The van der Waals surface area contributed by atoms with Crippen molar-refractivity contribution in [2.75, 3.05) is 31.1 Å². The van der Waals surface area contributed by atoms with Gasteiger partial charge >= 0.3 is 0 Å². The average Bonchev–Trinajstić information content (AvgIpc) is 2.66. The fraction of sp³-hybridized carbons (Fsp3) is 0.846. The molecule has 0 saturated carbocycles. The first-order valence-electron chi connectivity index (χ1n) is 6.91. The van der Waals surface area contributed by atoms with Crippen LogP contribution >= 0.6 is 0 Å². The smallest absolute Gasteiger partial charge is 0.153 e. The highest BCUT2D eigenvalue weighted by Crippen LogP contribution is 2.22. The maximum Gasteiger partial charge on any atom is 0.153 e. The molecule has 2 aliphatic heterocycles. The minimum Gasteiger partial charge on any atom is -0.311 e. The van der Waals surface area contributed by atoms with Crippen LogP contribution in [0.25, 0.3) is 0 Å². The van der Waals surface area contributed by atoms with Crippen LogP contribution < -0.4 is 5.32 Å². The second-order valence-electron chi connectivity index (χ2n) is 5.38. The van der Waals surface area contributed by atoms with Crippen LogP contribution in [0.15, 0.2) is 12.7 Å². The van der Waals surface area contributed by atoms with Gasteiger partial charge in [-0.15, -0.1) is 6.58 Å². The van der Waals surface area contributed by atoms with Gasteiger partial charge in [-0.2, -0.15) is 0 Å². The fourth-order valence-corrected chi connectivity index (χ4v) is 4.99. The standard InChI is InChI=1S/C13H24N2O2S/c1-2-3-7-14-12-10-18(16,17)11-13(12)15-8-5-4-6-9-15/h2,12-14H,1,3-11H2/t12-,13+/m1/s1. The van der Waals surface area contributed by atoms with Crippen molar-refractivity contribution >= 4 is 9.84 Å². The number of hydrogen-bond acceptors (Lipinski definition) is 4. The van der Waals surface area contributed by atoms with E-state index in [1.165, 1.54) is 19.3 Å². The highest BCUT2D eigenvalue weighted by molar-refractivity contribution is 7.91. The molecule has 18 heavy (non-hydrogen) atoms. The first-order chi connectivity index (χ1) is 8.62. The molecule has 2 saturated heterocycles. The Balaban J connectivity index is 1.97. The van der Waals surface area contributed by atoms with Crippen LogP contribution in [-0.4, -0.2) is 56.5 Å². The van der Waals surface area contributed by atoms with E-state index in [1.807, 2.05) is 6.08 Å². The Morgan fingerprint density at radius 3 is 2.61 bits per heavy atom. The van der Waals surface area contributed by atoms with Crippen LogP contribution in [0, 0.1) is 0 Å². The van der Waals surface area contributed by atoms with Gasteiger partial charge in [0, 0.05) is 12.1 Å². The summed E-state index contributed by atoms with van der Waals surface area (Å²) in [6, 6.07) is 0.285. The molecule has 104 valence electrons. The number of sulfone groups is 1. The highest BCUT2D eigenvalue weighted by Gasteiger charge is 2.40. The lowest BCUT2D eigenvalue weighted by molar-refractivity contribution is 0.155. The van der Waals surface area contributed by atoms with Crippen LogP contribution in [0.1, 0.15) is 25.7 Å². The molecule has 0 unspecified atom stereocenters. The molecule has 0 aromatic rings. The third-order valence-corrected chi connectivity index (χ3v) is 5.65. The van der Waals surface area contributed by atoms with E-state index in [2.05, 4.69) is 16.8 Å². The largest absolute Gasteiger partial charge is 0.311 e. The minimum absolute atomic E-state index is 0.105. The van der Waals surface area contributed by atoms with E-state index >= 15 is 0 Å². The van der Waals surface area contributed by atoms with Gasteiger partial charge in [0.2, 0.25) is 0 Å². The zero-order chi connectivity index (χ0) is 13.0. The molecule has 2 aliphatic rings. The Morgan fingerprint density at radius 2 is 1.94 bits per heavy atom. The molecular weight excluding hydrogens is 248 g/mol. The zero-order valence-electron chi connectivity index (χ0n) is 11.0. The van der Waals surface area contributed by atoms with E-state index in [0.717, 1.165) is 26.1 Å². The summed E-state index contributed by atoms with van der Waals surface area (Å²) >= 11 is 0. The summed E-state index contributed by atoms with van der Waals surface area (Å²) in [5.41, 5.74) is 0. The predicted molar refractivity (Wildman–Crippen MR) is 74.5 cm³/mol. The normalized spacial score (nSPS) is 32.4. The molecule has 2 atom stereocenters. The summed E-state index contributed by atoms with van der Waals surface area (Å²) in [5, 5.41) is 3.39. The van der Waals surface area contributed by atoms with Crippen LogP contribution in [-0.2, 0) is 9.84 Å². The van der Waals surface area contributed by atoms with Crippen LogP contribution in [0.5, 0.6) is 0 Å². The fourth-order valence-electron chi connectivity index (χ4n) is 3.00. The van der Waals surface area contributed by atoms with E-state index in [9.17, 15) is 8.42 Å². The van der Waals surface area contributed by atoms with Crippen molar-refractivity contribution in [3.8, 4) is 0 Å². The third-order valence-electron chi connectivity index (χ3n) is 3.94. The second-order valence-corrected chi connectivity index (χ2v) is 7.53. The lowest BCUT2D eigenvalue weighted by Gasteiger charge is -2.35. The summed E-state index contributed by atoms with van der Waals surface area (Å²) < 4.78 is 23.7. The lowest BCUT2D eigenvalue weighted by atomic mass is 10.0. The second kappa shape index (κ2) is 6.17. The molecule has 0 bridgehead atoms. The Labute approximate surface area is 110 Å². The van der Waals surface area contributed by atoms with Gasteiger partial charge in [-0.3, -0.25) is 4.90 Å². The maximum atomic E-state index is 11.8. The summed E-state index contributed by atoms with van der Waals surface area (Å²) in [5.74, 6) is 0.629. The molecular formula is C13H24N2O2S. The van der Waals surface area contributed by atoms with Crippen LogP contribution in [0.2, 0.25) is 0 Å². The van der Waals surface area contributed by atoms with E-state index in [4.69, 9.17) is 0 Å². The van der Waals surface area contributed by atoms with Gasteiger partial charge in [0.05, 0.1) is 11.5 Å². The van der Waals surface area contributed by atoms with Crippen molar-refractivity contribution in [3.05, 3.63) is 12.7 Å². The van der Waals surface area contributed by atoms with E-state index in [1.54, 1.807) is 0 Å². The van der Waals surface area contributed by atoms with Gasteiger partial charge in [0.15, 0.2) is 9.84 Å². The molecule has 0 aliphatic carbocycles. The Hall–Kier alpha value is -0.390. The minimum atomic E-state index is -2.86. The molecule has 0 spiro atoms. The molecule has 1 N–H and O–H groups in total. The van der Waals surface area contributed by atoms with E-state index in [-0.39, 0.29) is 12.1 Å². The van der Waals surface area contributed by atoms with Gasteiger partial charge in [-0.25, -0.2) is 8.42 Å². The molecule has 2 rings (SSSR count). The third kappa shape index (κ3) is 3.56. The number of piperidine rings is 1. The Morgan fingerprint density at radius 1 is 1.22 bits per heavy atom. The number of hydrogen-bond donors (Lipinski definition) is 1. The van der Waals surface area contributed by atoms with Crippen molar-refractivity contribution in [1.29, 1.82) is 0 Å². The van der Waals surface area contributed by atoms with E-state index < -0.39 is 9.84 Å². The Bertz CT molecular complexity index is 374. The topological polar surface area (TPSA) is 49.4 Å². The quantitative estimate of drug-likeness (QED) is 0.594. The molecule has 5 heteroatoms. The molecule has 4 nitrogen and oxygen atoms in total. The zero-order valence-corrected chi connectivity index (χ0v) is 11.8. The number of nitrogens with one attached hydrogen (secondary N) is 1. The van der Waals surface area contributed by atoms with Crippen LogP contribution in [0.3, 0.4) is 0 Å². The number of nitrogens with zero attached hydrogens (tertiary/aromatic N) is 1. The van der Waals surface area contributed by atoms with Gasteiger partial charge in [0.1, 0.15) is 0 Å². The predicted octanol–water partition coefficient (Wildman–Crippen LogP) is 0.804. The summed E-state index contributed by atoms with van der Waals surface area (Å²) in [7, 11) is -2.86. The first kappa shape index (κ1) is 14.0. The Kier molecular flexibility index (Phi) is 4.81. The van der Waals surface area contributed by atoms with Gasteiger partial charge in [-0.05, 0) is 38.9 Å². The lowest BCUT2D eigenvalue weighted by Crippen LogP contribution is -2.51. The molecule has 0 aromatic heterocycles. The SMILES string of the molecule is C=CCCN[C@@H]1CS(=O)(=O)C[C@@H]1N1CCCCC1. The summed E-state index contributed by atoms with van der Waals surface area (Å²) in [6.07, 6.45) is 6.45. The van der Waals surface area contributed by atoms with Crippen molar-refractivity contribution < 1.29 is 8.42 Å². The van der Waals surface area contributed by atoms with Crippen molar-refractivity contribution in [3.63, 3.8) is 0 Å². The maximum absolute atomic E-state index is 11.8. The van der Waals surface area contributed by atoms with Crippen LogP contribution in [0.4, 0.5) is 0 Å². The molecule has 2 heterocycles. The summed E-state index contributed by atoms with van der Waals surface area (Å²) in [4.78, 5) is 2.37. The molecule has 2 fully saturated rings. The van der Waals surface area contributed by atoms with Gasteiger partial charge in [-0.1, -0.05) is 12.5 Å². The average molecular weight is 272 g/mol. The number of likely N-dealkylation sites (tertiary alicyclic amines) is 1. The molecule has 0 aromatic carbocycles. The first-order valence-corrected chi connectivity index (χ1v) is 8.73. The van der Waals surface area contributed by atoms with Crippen molar-refractivity contribution in [1.82, 2.24) is 10.2 Å². The van der Waals surface area contributed by atoms with Gasteiger partial charge in [0.25, 0.3) is 0 Å². The highest BCUT2D eigenvalue weighted by atomic mass is 32.2. The van der Waals surface area contributed by atoms with Gasteiger partial charge < -0.3 is 5.32 Å². The molecule has 0 radical (unpaired) electrons. The number of rotatable bonds is 5. The van der Waals surface area contributed by atoms with Crippen molar-refractivity contribution in [2.24, 2.45) is 0 Å².